The summed E-state index contributed by atoms with van der Waals surface area (Å²) in [5.41, 5.74) is 2.55. The smallest absolute Gasteiger partial charge is 0.233 e. The minimum absolute atomic E-state index is 0.119. The van der Waals surface area contributed by atoms with E-state index in [9.17, 15) is 8.42 Å². The fourth-order valence-electron chi connectivity index (χ4n) is 2.60. The van der Waals surface area contributed by atoms with Crippen LogP contribution in [0.4, 0.5) is 5.82 Å². The van der Waals surface area contributed by atoms with Crippen LogP contribution in [-0.2, 0) is 16.4 Å². The van der Waals surface area contributed by atoms with Gasteiger partial charge in [-0.15, -0.1) is 0 Å². The molecule has 0 spiro atoms. The molecule has 0 saturated heterocycles. The summed E-state index contributed by atoms with van der Waals surface area (Å²) in [4.78, 5) is 4.61. The zero-order valence-corrected chi connectivity index (χ0v) is 14.5. The van der Waals surface area contributed by atoms with Crippen LogP contribution in [0.2, 0.25) is 0 Å². The Kier molecular flexibility index (Phi) is 4.85. The molecule has 0 unspecified atom stereocenters. The summed E-state index contributed by atoms with van der Waals surface area (Å²) in [5.74, 6) is 0.652. The Labute approximate surface area is 142 Å². The standard InChI is InChI=1S/C18H21N3O2S/c1-2-3-13-24(22,23)20-18-16(14-15-9-5-4-6-10-15)19-17-11-7-8-12-21(17)18/h4-12,20H,2-3,13-14H2,1H3. The monoisotopic (exact) mass is 343 g/mol. The molecule has 5 nitrogen and oxygen atoms in total. The van der Waals surface area contributed by atoms with E-state index < -0.39 is 10.0 Å². The molecule has 0 aliphatic rings. The lowest BCUT2D eigenvalue weighted by atomic mass is 10.1. The number of pyridine rings is 1. The number of aromatic nitrogens is 2. The van der Waals surface area contributed by atoms with E-state index in [-0.39, 0.29) is 5.75 Å². The number of unbranched alkanes of at least 4 members (excludes halogenated alkanes) is 1. The first kappa shape index (κ1) is 16.5. The molecule has 0 saturated carbocycles. The number of rotatable bonds is 7. The molecule has 1 aromatic carbocycles. The Balaban J connectivity index is 1.99. The second-order valence-corrected chi connectivity index (χ2v) is 7.61. The summed E-state index contributed by atoms with van der Waals surface area (Å²) in [6.07, 6.45) is 3.88. The first-order valence-electron chi connectivity index (χ1n) is 8.09. The molecule has 2 heterocycles. The second-order valence-electron chi connectivity index (χ2n) is 5.77. The van der Waals surface area contributed by atoms with Gasteiger partial charge < -0.3 is 0 Å². The van der Waals surface area contributed by atoms with Crippen LogP contribution in [0, 0.1) is 0 Å². The van der Waals surface area contributed by atoms with Gasteiger partial charge in [-0.2, -0.15) is 0 Å². The highest BCUT2D eigenvalue weighted by atomic mass is 32.2. The van der Waals surface area contributed by atoms with Gasteiger partial charge in [0.15, 0.2) is 0 Å². The lowest BCUT2D eigenvalue weighted by molar-refractivity contribution is 0.597. The van der Waals surface area contributed by atoms with Gasteiger partial charge in [-0.1, -0.05) is 49.7 Å². The largest absolute Gasteiger partial charge is 0.285 e. The van der Waals surface area contributed by atoms with E-state index >= 15 is 0 Å². The van der Waals surface area contributed by atoms with E-state index in [1.54, 1.807) is 4.40 Å². The van der Waals surface area contributed by atoms with Crippen molar-refractivity contribution in [3.63, 3.8) is 0 Å². The van der Waals surface area contributed by atoms with Gasteiger partial charge in [0.05, 0.1) is 11.4 Å². The van der Waals surface area contributed by atoms with E-state index in [0.717, 1.165) is 23.3 Å². The first-order valence-corrected chi connectivity index (χ1v) is 9.74. The molecular weight excluding hydrogens is 322 g/mol. The fraction of sp³-hybridized carbons (Fsp3) is 0.278. The molecular formula is C18H21N3O2S. The highest BCUT2D eigenvalue weighted by Crippen LogP contribution is 2.22. The minimum atomic E-state index is -3.38. The van der Waals surface area contributed by atoms with E-state index in [0.29, 0.717) is 18.7 Å². The molecule has 6 heteroatoms. The van der Waals surface area contributed by atoms with Crippen LogP contribution in [0.25, 0.3) is 5.65 Å². The van der Waals surface area contributed by atoms with Crippen LogP contribution in [0.5, 0.6) is 0 Å². The van der Waals surface area contributed by atoms with Crippen LogP contribution in [0.1, 0.15) is 31.0 Å². The molecule has 0 aliphatic heterocycles. The third-order valence-corrected chi connectivity index (χ3v) is 5.17. The molecule has 126 valence electrons. The van der Waals surface area contributed by atoms with E-state index in [1.165, 1.54) is 0 Å². The van der Waals surface area contributed by atoms with Crippen molar-refractivity contribution in [2.45, 2.75) is 26.2 Å². The predicted molar refractivity (Wildman–Crippen MR) is 96.8 cm³/mol. The maximum absolute atomic E-state index is 12.4. The molecule has 2 aromatic heterocycles. The second kappa shape index (κ2) is 7.05. The summed E-state index contributed by atoms with van der Waals surface area (Å²) >= 11 is 0. The summed E-state index contributed by atoms with van der Waals surface area (Å²) in [5, 5.41) is 0. The molecule has 3 rings (SSSR count). The van der Waals surface area contributed by atoms with Gasteiger partial charge in [-0.3, -0.25) is 9.12 Å². The lowest BCUT2D eigenvalue weighted by Crippen LogP contribution is -2.18. The molecule has 0 amide bonds. The Bertz CT molecular complexity index is 918. The topological polar surface area (TPSA) is 63.5 Å². The van der Waals surface area contributed by atoms with Crippen molar-refractivity contribution in [2.75, 3.05) is 10.5 Å². The normalized spacial score (nSPS) is 11.7. The zero-order valence-electron chi connectivity index (χ0n) is 13.6. The van der Waals surface area contributed by atoms with Crippen molar-refractivity contribution >= 4 is 21.5 Å². The Morgan fingerprint density at radius 2 is 1.83 bits per heavy atom. The Morgan fingerprint density at radius 3 is 2.58 bits per heavy atom. The molecule has 0 radical (unpaired) electrons. The van der Waals surface area contributed by atoms with Crippen LogP contribution < -0.4 is 4.72 Å². The average molecular weight is 343 g/mol. The van der Waals surface area contributed by atoms with E-state index in [4.69, 9.17) is 0 Å². The van der Waals surface area contributed by atoms with Crippen molar-refractivity contribution in [3.05, 3.63) is 66.0 Å². The van der Waals surface area contributed by atoms with Gasteiger partial charge in [-0.05, 0) is 24.1 Å². The van der Waals surface area contributed by atoms with E-state index in [1.807, 2.05) is 61.7 Å². The summed E-state index contributed by atoms with van der Waals surface area (Å²) in [6.45, 7) is 1.98. The number of anilines is 1. The van der Waals surface area contributed by atoms with E-state index in [2.05, 4.69) is 9.71 Å². The minimum Gasteiger partial charge on any atom is -0.285 e. The Morgan fingerprint density at radius 1 is 1.08 bits per heavy atom. The third kappa shape index (κ3) is 3.76. The Hall–Kier alpha value is -2.34. The lowest BCUT2D eigenvalue weighted by Gasteiger charge is -2.09. The van der Waals surface area contributed by atoms with Gasteiger partial charge >= 0.3 is 0 Å². The van der Waals surface area contributed by atoms with Crippen molar-refractivity contribution in [2.24, 2.45) is 0 Å². The number of nitrogens with zero attached hydrogens (tertiary/aromatic N) is 2. The first-order chi connectivity index (χ1) is 11.6. The van der Waals surface area contributed by atoms with Gasteiger partial charge in [0.2, 0.25) is 10.0 Å². The maximum atomic E-state index is 12.4. The van der Waals surface area contributed by atoms with Gasteiger partial charge in [-0.25, -0.2) is 13.4 Å². The highest BCUT2D eigenvalue weighted by molar-refractivity contribution is 7.92. The van der Waals surface area contributed by atoms with Crippen LogP contribution in [0.3, 0.4) is 0 Å². The third-order valence-electron chi connectivity index (χ3n) is 3.84. The molecule has 24 heavy (non-hydrogen) atoms. The maximum Gasteiger partial charge on any atom is 0.233 e. The number of nitrogens with one attached hydrogen (secondary N) is 1. The fourth-order valence-corrected chi connectivity index (χ4v) is 3.88. The number of hydrogen-bond acceptors (Lipinski definition) is 3. The molecule has 1 N–H and O–H groups in total. The number of fused-ring (bicyclic) bond motifs is 1. The summed E-state index contributed by atoms with van der Waals surface area (Å²) in [6, 6.07) is 15.6. The van der Waals surface area contributed by atoms with Crippen molar-refractivity contribution < 1.29 is 8.42 Å². The average Bonchev–Trinajstić information content (AvgIpc) is 2.91. The van der Waals surface area contributed by atoms with Gasteiger partial charge in [0.1, 0.15) is 11.5 Å². The van der Waals surface area contributed by atoms with Gasteiger partial charge in [0, 0.05) is 12.6 Å². The predicted octanol–water partition coefficient (Wildman–Crippen LogP) is 3.47. The molecule has 0 atom stereocenters. The van der Waals surface area contributed by atoms with Crippen molar-refractivity contribution in [1.29, 1.82) is 0 Å². The number of benzene rings is 1. The quantitative estimate of drug-likeness (QED) is 0.714. The van der Waals surface area contributed by atoms with Crippen LogP contribution >= 0.6 is 0 Å². The SMILES string of the molecule is CCCCS(=O)(=O)Nc1c(Cc2ccccc2)nc2ccccn12. The summed E-state index contributed by atoms with van der Waals surface area (Å²) in [7, 11) is -3.38. The van der Waals surface area contributed by atoms with Crippen molar-refractivity contribution in [1.82, 2.24) is 9.38 Å². The van der Waals surface area contributed by atoms with Crippen LogP contribution in [-0.4, -0.2) is 23.6 Å². The summed E-state index contributed by atoms with van der Waals surface area (Å²) < 4.78 is 29.2. The molecule has 0 bridgehead atoms. The van der Waals surface area contributed by atoms with Crippen LogP contribution in [0.15, 0.2) is 54.7 Å². The number of hydrogen-bond donors (Lipinski definition) is 1. The van der Waals surface area contributed by atoms with Gasteiger partial charge in [0.25, 0.3) is 0 Å². The molecule has 0 aliphatic carbocycles. The number of imidazole rings is 1. The number of sulfonamides is 1. The highest BCUT2D eigenvalue weighted by Gasteiger charge is 2.18. The molecule has 0 fully saturated rings. The molecule has 3 aromatic rings. The van der Waals surface area contributed by atoms with Crippen molar-refractivity contribution in [3.8, 4) is 0 Å². The zero-order chi connectivity index (χ0) is 17.0.